The summed E-state index contributed by atoms with van der Waals surface area (Å²) in [5.41, 5.74) is 4.26. The molecule has 2 heterocycles. The molecule has 1 aromatic heterocycles. The minimum Gasteiger partial charge on any atom is -0.497 e. The molecule has 0 aliphatic carbocycles. The monoisotopic (exact) mass is 560 g/mol. The normalized spacial score (nSPS) is 12.6. The lowest BCUT2D eigenvalue weighted by Gasteiger charge is -2.36. The molecule has 1 N–H and O–H groups in total. The first-order chi connectivity index (χ1) is 20.5. The molecular formula is C34H32N4O4. The molecule has 42 heavy (non-hydrogen) atoms. The van der Waals surface area contributed by atoms with E-state index < -0.39 is 0 Å². The summed E-state index contributed by atoms with van der Waals surface area (Å²) < 4.78 is 10.7. The van der Waals surface area contributed by atoms with Gasteiger partial charge in [0.2, 0.25) is 0 Å². The Morgan fingerprint density at radius 2 is 1.62 bits per heavy atom. The van der Waals surface area contributed by atoms with Crippen LogP contribution < -0.4 is 19.7 Å². The van der Waals surface area contributed by atoms with Crippen LogP contribution in [-0.4, -0.2) is 61.6 Å². The van der Waals surface area contributed by atoms with Crippen LogP contribution >= 0.6 is 0 Å². The molecule has 1 aliphatic rings. The molecule has 1 saturated heterocycles. The maximum Gasteiger partial charge on any atom is 0.255 e. The zero-order valence-electron chi connectivity index (χ0n) is 23.7. The van der Waals surface area contributed by atoms with Gasteiger partial charge in [-0.3, -0.25) is 14.6 Å². The molecule has 1 fully saturated rings. The largest absolute Gasteiger partial charge is 0.497 e. The molecule has 0 spiro atoms. The highest BCUT2D eigenvalue weighted by Gasteiger charge is 2.24. The van der Waals surface area contributed by atoms with E-state index in [1.807, 2.05) is 66.4 Å². The Balaban J connectivity index is 1.19. The number of nitrogens with zero attached hydrogens (tertiary/aromatic N) is 3. The topological polar surface area (TPSA) is 84.0 Å². The van der Waals surface area contributed by atoms with E-state index >= 15 is 0 Å². The van der Waals surface area contributed by atoms with Crippen LogP contribution in [0.1, 0.15) is 38.8 Å². The molecule has 3 aromatic carbocycles. The summed E-state index contributed by atoms with van der Waals surface area (Å²) in [7, 11) is 1.60. The molecule has 0 unspecified atom stereocenters. The number of rotatable bonds is 7. The van der Waals surface area contributed by atoms with Crippen molar-refractivity contribution in [3.8, 4) is 23.3 Å². The third-order valence-electron chi connectivity index (χ3n) is 6.93. The number of hydrogen-bond donors (Lipinski definition) is 1. The first-order valence-corrected chi connectivity index (χ1v) is 13.8. The lowest BCUT2D eigenvalue weighted by Crippen LogP contribution is -2.49. The van der Waals surface area contributed by atoms with Gasteiger partial charge in [0.25, 0.3) is 11.8 Å². The van der Waals surface area contributed by atoms with Crippen LogP contribution in [0.4, 0.5) is 11.4 Å². The number of amides is 2. The minimum absolute atomic E-state index is 0.0358. The summed E-state index contributed by atoms with van der Waals surface area (Å²) in [6, 6.07) is 24.0. The maximum absolute atomic E-state index is 13.5. The molecule has 0 saturated carbocycles. The predicted molar refractivity (Wildman–Crippen MR) is 163 cm³/mol. The van der Waals surface area contributed by atoms with Gasteiger partial charge in [0.05, 0.1) is 25.5 Å². The molecule has 5 rings (SSSR count). The molecule has 0 atom stereocenters. The number of hydrogen-bond acceptors (Lipinski definition) is 6. The number of carbonyl (C=O) groups is 2. The summed E-state index contributed by atoms with van der Waals surface area (Å²) in [5, 5.41) is 2.90. The number of aromatic nitrogens is 1. The predicted octanol–water partition coefficient (Wildman–Crippen LogP) is 5.10. The molecule has 212 valence electrons. The van der Waals surface area contributed by atoms with Crippen molar-refractivity contribution in [2.45, 2.75) is 6.92 Å². The second-order valence-electron chi connectivity index (χ2n) is 9.65. The Morgan fingerprint density at radius 1 is 0.881 bits per heavy atom. The van der Waals surface area contributed by atoms with Crippen LogP contribution in [0.3, 0.4) is 0 Å². The third kappa shape index (κ3) is 6.88. The van der Waals surface area contributed by atoms with Gasteiger partial charge in [0, 0.05) is 60.4 Å². The molecule has 0 radical (unpaired) electrons. The van der Waals surface area contributed by atoms with E-state index in [0.29, 0.717) is 60.9 Å². The van der Waals surface area contributed by atoms with Gasteiger partial charge in [0.1, 0.15) is 11.5 Å². The van der Waals surface area contributed by atoms with Crippen LogP contribution in [0, 0.1) is 11.8 Å². The molecular weight excluding hydrogens is 528 g/mol. The highest BCUT2D eigenvalue weighted by molar-refractivity contribution is 6.04. The average Bonchev–Trinajstić information content (AvgIpc) is 3.04. The lowest BCUT2D eigenvalue weighted by molar-refractivity contribution is 0.0746. The zero-order chi connectivity index (χ0) is 29.3. The van der Waals surface area contributed by atoms with Gasteiger partial charge in [-0.1, -0.05) is 24.0 Å². The summed E-state index contributed by atoms with van der Waals surface area (Å²) in [4.78, 5) is 34.4. The number of anilines is 2. The standard InChI is InChI=1S/C34H32N4O4/c1-3-42-31-22-25(23-35-24-31)8-9-26-6-4-5-7-32(26)34(40)38-20-18-37(19-21-38)29-14-10-27(11-15-29)33(39)36-28-12-16-30(41-2)17-13-28/h4-7,10-17,22-24H,3,18-21H2,1-2H3,(H,36,39). The van der Waals surface area contributed by atoms with E-state index in [0.717, 1.165) is 17.0 Å². The Hall–Kier alpha value is -5.29. The number of benzene rings is 3. The first-order valence-electron chi connectivity index (χ1n) is 13.8. The second kappa shape index (κ2) is 13.4. The highest BCUT2D eigenvalue weighted by atomic mass is 16.5. The van der Waals surface area contributed by atoms with Crippen molar-refractivity contribution in [1.82, 2.24) is 9.88 Å². The lowest BCUT2D eigenvalue weighted by atomic mass is 10.1. The van der Waals surface area contributed by atoms with Crippen molar-refractivity contribution < 1.29 is 19.1 Å². The van der Waals surface area contributed by atoms with Crippen molar-refractivity contribution in [1.29, 1.82) is 0 Å². The van der Waals surface area contributed by atoms with Crippen molar-refractivity contribution >= 4 is 23.2 Å². The molecule has 8 nitrogen and oxygen atoms in total. The number of ether oxygens (including phenoxy) is 2. The fourth-order valence-electron chi connectivity index (χ4n) is 4.69. The SMILES string of the molecule is CCOc1cncc(C#Cc2ccccc2C(=O)N2CCN(c3ccc(C(=O)Nc4ccc(OC)cc4)cc3)CC2)c1. The van der Waals surface area contributed by atoms with Crippen LogP contribution in [0.5, 0.6) is 11.5 Å². The summed E-state index contributed by atoms with van der Waals surface area (Å²) in [6.07, 6.45) is 3.33. The van der Waals surface area contributed by atoms with Gasteiger partial charge in [0.15, 0.2) is 0 Å². The molecule has 8 heteroatoms. The van der Waals surface area contributed by atoms with Crippen molar-refractivity contribution in [2.75, 3.05) is 50.1 Å². The van der Waals surface area contributed by atoms with Gasteiger partial charge in [-0.15, -0.1) is 0 Å². The van der Waals surface area contributed by atoms with E-state index in [-0.39, 0.29) is 11.8 Å². The van der Waals surface area contributed by atoms with E-state index in [1.54, 1.807) is 43.8 Å². The number of pyridine rings is 1. The van der Waals surface area contributed by atoms with E-state index in [2.05, 4.69) is 27.0 Å². The van der Waals surface area contributed by atoms with Gasteiger partial charge >= 0.3 is 0 Å². The van der Waals surface area contributed by atoms with Gasteiger partial charge in [-0.25, -0.2) is 0 Å². The summed E-state index contributed by atoms with van der Waals surface area (Å²) >= 11 is 0. The van der Waals surface area contributed by atoms with Crippen LogP contribution in [0.15, 0.2) is 91.3 Å². The van der Waals surface area contributed by atoms with E-state index in [9.17, 15) is 9.59 Å². The molecule has 2 amide bonds. The first kappa shape index (κ1) is 28.2. The fourth-order valence-corrected chi connectivity index (χ4v) is 4.69. The molecule has 1 aliphatic heterocycles. The maximum atomic E-state index is 13.5. The third-order valence-corrected chi connectivity index (χ3v) is 6.93. The average molecular weight is 561 g/mol. The van der Waals surface area contributed by atoms with Crippen LogP contribution in [0.2, 0.25) is 0 Å². The smallest absolute Gasteiger partial charge is 0.255 e. The highest BCUT2D eigenvalue weighted by Crippen LogP contribution is 2.21. The number of carbonyl (C=O) groups excluding carboxylic acids is 2. The Morgan fingerprint density at radius 3 is 2.33 bits per heavy atom. The summed E-state index contributed by atoms with van der Waals surface area (Å²) in [5.74, 6) is 7.44. The summed E-state index contributed by atoms with van der Waals surface area (Å²) in [6.45, 7) is 5.01. The number of nitrogens with one attached hydrogen (secondary N) is 1. The Bertz CT molecular complexity index is 1600. The van der Waals surface area contributed by atoms with Crippen molar-refractivity contribution in [3.05, 3.63) is 114 Å². The van der Waals surface area contributed by atoms with Crippen molar-refractivity contribution in [3.63, 3.8) is 0 Å². The van der Waals surface area contributed by atoms with Gasteiger partial charge in [-0.05, 0) is 73.7 Å². The van der Waals surface area contributed by atoms with Crippen LogP contribution in [-0.2, 0) is 0 Å². The van der Waals surface area contributed by atoms with Gasteiger partial charge < -0.3 is 24.6 Å². The quantitative estimate of drug-likeness (QED) is 0.317. The van der Waals surface area contributed by atoms with Crippen LogP contribution in [0.25, 0.3) is 0 Å². The number of piperazine rings is 1. The van der Waals surface area contributed by atoms with Gasteiger partial charge in [-0.2, -0.15) is 0 Å². The van der Waals surface area contributed by atoms with E-state index in [1.165, 1.54) is 0 Å². The van der Waals surface area contributed by atoms with E-state index in [4.69, 9.17) is 9.47 Å². The zero-order valence-corrected chi connectivity index (χ0v) is 23.7. The Labute approximate surface area is 245 Å². The second-order valence-corrected chi connectivity index (χ2v) is 9.65. The van der Waals surface area contributed by atoms with Crippen molar-refractivity contribution in [2.24, 2.45) is 0 Å². The Kier molecular flexibility index (Phi) is 9.00. The minimum atomic E-state index is -0.179. The molecule has 4 aromatic rings. The fraction of sp³-hybridized carbons (Fsp3) is 0.206. The molecule has 0 bridgehead atoms. The number of methoxy groups -OCH3 is 1.